The standard InChI is InChI=1S/C35H69N2O6P/c1-3-5-7-9-11-13-15-17-18-20-22-24-26-28-34(38)33(32-43-44(40,41)42-31-30-36)37-35(39)29-27-25-23-21-19-16-14-12-10-8-6-4-2/h18,20,26,28,33-34,38H,3-17,19,21-25,27,29-32,36H2,1-2H3,(H,37,39)(H,40,41)/b20-18+,28-26+. The third-order valence-corrected chi connectivity index (χ3v) is 8.76. The summed E-state index contributed by atoms with van der Waals surface area (Å²) in [5.41, 5.74) is 5.34. The van der Waals surface area contributed by atoms with Crippen molar-refractivity contribution in [1.82, 2.24) is 5.32 Å². The molecule has 260 valence electrons. The van der Waals surface area contributed by atoms with Crippen molar-refractivity contribution in [1.29, 1.82) is 0 Å². The van der Waals surface area contributed by atoms with Gasteiger partial charge in [0.1, 0.15) is 0 Å². The van der Waals surface area contributed by atoms with E-state index >= 15 is 0 Å². The summed E-state index contributed by atoms with van der Waals surface area (Å²) >= 11 is 0. The van der Waals surface area contributed by atoms with E-state index < -0.39 is 20.0 Å². The van der Waals surface area contributed by atoms with Gasteiger partial charge < -0.3 is 21.1 Å². The molecule has 0 aromatic heterocycles. The zero-order valence-electron chi connectivity index (χ0n) is 28.4. The van der Waals surface area contributed by atoms with Crippen molar-refractivity contribution >= 4 is 13.7 Å². The van der Waals surface area contributed by atoms with Crippen LogP contribution < -0.4 is 11.1 Å². The molecular formula is C35H69N2O6P. The van der Waals surface area contributed by atoms with E-state index in [1.807, 2.05) is 6.08 Å². The molecule has 0 rings (SSSR count). The van der Waals surface area contributed by atoms with Gasteiger partial charge >= 0.3 is 7.82 Å². The van der Waals surface area contributed by atoms with Gasteiger partial charge in [0.2, 0.25) is 5.91 Å². The van der Waals surface area contributed by atoms with Gasteiger partial charge in [-0.3, -0.25) is 13.8 Å². The highest BCUT2D eigenvalue weighted by Gasteiger charge is 2.26. The normalized spacial score (nSPS) is 14.8. The van der Waals surface area contributed by atoms with E-state index in [-0.39, 0.29) is 25.7 Å². The molecule has 44 heavy (non-hydrogen) atoms. The summed E-state index contributed by atoms with van der Waals surface area (Å²) in [4.78, 5) is 22.5. The minimum absolute atomic E-state index is 0.0754. The molecule has 0 aliphatic carbocycles. The maximum atomic E-state index is 12.6. The van der Waals surface area contributed by atoms with Gasteiger partial charge in [0, 0.05) is 13.0 Å². The number of phosphoric acid groups is 1. The van der Waals surface area contributed by atoms with Crippen LogP contribution in [0.2, 0.25) is 0 Å². The molecule has 0 aliphatic rings. The summed E-state index contributed by atoms with van der Waals surface area (Å²) in [6.45, 7) is 4.08. The zero-order chi connectivity index (χ0) is 32.6. The third-order valence-electron chi connectivity index (χ3n) is 7.78. The van der Waals surface area contributed by atoms with Crippen molar-refractivity contribution in [2.24, 2.45) is 5.73 Å². The molecule has 0 bridgehead atoms. The number of nitrogens with one attached hydrogen (secondary N) is 1. The first kappa shape index (κ1) is 43.0. The number of amides is 1. The molecular weight excluding hydrogens is 575 g/mol. The number of hydrogen-bond donors (Lipinski definition) is 4. The highest BCUT2D eigenvalue weighted by Crippen LogP contribution is 2.43. The molecule has 0 aromatic carbocycles. The number of rotatable bonds is 33. The van der Waals surface area contributed by atoms with Gasteiger partial charge in [0.05, 0.1) is 25.4 Å². The van der Waals surface area contributed by atoms with Gasteiger partial charge in [-0.15, -0.1) is 0 Å². The van der Waals surface area contributed by atoms with Gasteiger partial charge in [-0.1, -0.05) is 147 Å². The predicted octanol–water partition coefficient (Wildman–Crippen LogP) is 9.05. The van der Waals surface area contributed by atoms with Gasteiger partial charge in [0.15, 0.2) is 0 Å². The average molecular weight is 645 g/mol. The molecule has 1 amide bonds. The fraction of sp³-hybridized carbons (Fsp3) is 0.857. The predicted molar refractivity (Wildman–Crippen MR) is 185 cm³/mol. The Bertz CT molecular complexity index is 749. The summed E-state index contributed by atoms with van der Waals surface area (Å²) < 4.78 is 22.0. The Morgan fingerprint density at radius 1 is 0.727 bits per heavy atom. The molecule has 0 aromatic rings. The van der Waals surface area contributed by atoms with Crippen LogP contribution in [0, 0.1) is 0 Å². The minimum Gasteiger partial charge on any atom is -0.387 e. The first-order valence-electron chi connectivity index (χ1n) is 18.0. The van der Waals surface area contributed by atoms with Crippen LogP contribution in [0.5, 0.6) is 0 Å². The van der Waals surface area contributed by atoms with Gasteiger partial charge in [0.25, 0.3) is 0 Å². The molecule has 3 unspecified atom stereocenters. The number of phosphoric ester groups is 1. The fourth-order valence-corrected chi connectivity index (χ4v) is 5.79. The Balaban J connectivity index is 4.41. The molecule has 0 fully saturated rings. The topological polar surface area (TPSA) is 131 Å². The molecule has 3 atom stereocenters. The lowest BCUT2D eigenvalue weighted by Gasteiger charge is -2.23. The van der Waals surface area contributed by atoms with E-state index in [0.29, 0.717) is 6.42 Å². The van der Waals surface area contributed by atoms with E-state index in [9.17, 15) is 19.4 Å². The summed E-state index contributed by atoms with van der Waals surface area (Å²) in [5.74, 6) is -0.206. The first-order valence-corrected chi connectivity index (χ1v) is 19.5. The lowest BCUT2D eigenvalue weighted by atomic mass is 10.0. The van der Waals surface area contributed by atoms with Crippen molar-refractivity contribution in [3.8, 4) is 0 Å². The summed E-state index contributed by atoms with van der Waals surface area (Å²) in [5, 5.41) is 13.5. The smallest absolute Gasteiger partial charge is 0.387 e. The van der Waals surface area contributed by atoms with Crippen molar-refractivity contribution < 1.29 is 28.4 Å². The molecule has 9 heteroatoms. The Labute approximate surface area is 270 Å². The Hall–Kier alpha value is -1.02. The lowest BCUT2D eigenvalue weighted by molar-refractivity contribution is -0.123. The second kappa shape index (κ2) is 31.9. The molecule has 0 saturated heterocycles. The van der Waals surface area contributed by atoms with E-state index in [4.69, 9.17) is 14.8 Å². The van der Waals surface area contributed by atoms with Crippen LogP contribution in [0.25, 0.3) is 0 Å². The second-order valence-corrected chi connectivity index (χ2v) is 13.5. The van der Waals surface area contributed by atoms with Crippen LogP contribution in [-0.2, 0) is 18.4 Å². The number of carbonyl (C=O) groups is 1. The van der Waals surface area contributed by atoms with Crippen LogP contribution >= 0.6 is 7.82 Å². The Morgan fingerprint density at radius 3 is 1.75 bits per heavy atom. The monoisotopic (exact) mass is 644 g/mol. The van der Waals surface area contributed by atoms with Crippen LogP contribution in [-0.4, -0.2) is 47.8 Å². The van der Waals surface area contributed by atoms with Crippen LogP contribution in [0.15, 0.2) is 24.3 Å². The van der Waals surface area contributed by atoms with E-state index in [1.54, 1.807) is 6.08 Å². The van der Waals surface area contributed by atoms with E-state index in [1.165, 1.54) is 103 Å². The number of nitrogens with two attached hydrogens (primary N) is 1. The molecule has 0 heterocycles. The SMILES string of the molecule is CCCCCCCCC/C=C/CC/C=C/C(O)C(COP(=O)(O)OCCN)NC(=O)CCCCCCCCCCCCCC. The molecule has 0 spiro atoms. The summed E-state index contributed by atoms with van der Waals surface area (Å²) in [7, 11) is -4.33. The highest BCUT2D eigenvalue weighted by atomic mass is 31.2. The van der Waals surface area contributed by atoms with Crippen molar-refractivity contribution in [2.75, 3.05) is 19.8 Å². The molecule has 0 aliphatic heterocycles. The van der Waals surface area contributed by atoms with Crippen LogP contribution in [0.3, 0.4) is 0 Å². The van der Waals surface area contributed by atoms with Crippen molar-refractivity contribution in [3.63, 3.8) is 0 Å². The van der Waals surface area contributed by atoms with Crippen molar-refractivity contribution in [3.05, 3.63) is 24.3 Å². The molecule has 8 nitrogen and oxygen atoms in total. The van der Waals surface area contributed by atoms with Gasteiger partial charge in [-0.25, -0.2) is 4.57 Å². The van der Waals surface area contributed by atoms with Crippen molar-refractivity contribution in [2.45, 2.75) is 174 Å². The molecule has 5 N–H and O–H groups in total. The number of hydrogen-bond acceptors (Lipinski definition) is 6. The summed E-state index contributed by atoms with van der Waals surface area (Å²) in [6.07, 6.45) is 33.6. The number of unbranched alkanes of at least 4 members (excludes halogenated alkanes) is 19. The zero-order valence-corrected chi connectivity index (χ0v) is 29.3. The lowest BCUT2D eigenvalue weighted by Crippen LogP contribution is -2.45. The molecule has 0 radical (unpaired) electrons. The quantitative estimate of drug-likeness (QED) is 0.0318. The number of aliphatic hydroxyl groups excluding tert-OH is 1. The van der Waals surface area contributed by atoms with Crippen LogP contribution in [0.4, 0.5) is 0 Å². The average Bonchev–Trinajstić information content (AvgIpc) is 3.01. The Kier molecular flexibility index (Phi) is 31.2. The summed E-state index contributed by atoms with van der Waals surface area (Å²) in [6, 6.07) is -0.870. The second-order valence-electron chi connectivity index (χ2n) is 12.1. The van der Waals surface area contributed by atoms with E-state index in [0.717, 1.165) is 38.5 Å². The minimum atomic E-state index is -4.33. The Morgan fingerprint density at radius 2 is 1.20 bits per heavy atom. The maximum absolute atomic E-state index is 12.6. The molecule has 0 saturated carbocycles. The third kappa shape index (κ3) is 29.7. The van der Waals surface area contributed by atoms with Gasteiger partial charge in [-0.2, -0.15) is 0 Å². The maximum Gasteiger partial charge on any atom is 0.472 e. The van der Waals surface area contributed by atoms with Gasteiger partial charge in [-0.05, 0) is 32.1 Å². The number of aliphatic hydroxyl groups is 1. The fourth-order valence-electron chi connectivity index (χ4n) is 5.03. The van der Waals surface area contributed by atoms with E-state index in [2.05, 4.69) is 31.3 Å². The van der Waals surface area contributed by atoms with Crippen LogP contribution in [0.1, 0.15) is 162 Å². The highest BCUT2D eigenvalue weighted by molar-refractivity contribution is 7.47. The largest absolute Gasteiger partial charge is 0.472 e. The number of carbonyl (C=O) groups excluding carboxylic acids is 1. The number of allylic oxidation sites excluding steroid dienone is 3. The first-order chi connectivity index (χ1) is 21.4.